The van der Waals surface area contributed by atoms with Gasteiger partial charge in [0.05, 0.1) is 34.8 Å². The van der Waals surface area contributed by atoms with Crippen LogP contribution in [0.3, 0.4) is 0 Å². The molecular formula is C23H31N3O6S2. The van der Waals surface area contributed by atoms with Crippen LogP contribution in [-0.2, 0) is 20.2 Å². The van der Waals surface area contributed by atoms with Crippen LogP contribution in [0.2, 0.25) is 0 Å². The van der Waals surface area contributed by atoms with Gasteiger partial charge in [0.25, 0.3) is 20.2 Å². The van der Waals surface area contributed by atoms with Gasteiger partial charge in [0.2, 0.25) is 0 Å². The predicted molar refractivity (Wildman–Crippen MR) is 131 cm³/mol. The van der Waals surface area contributed by atoms with Crippen molar-refractivity contribution in [3.05, 3.63) is 70.8 Å². The van der Waals surface area contributed by atoms with Crippen LogP contribution in [0.15, 0.2) is 48.5 Å². The zero-order chi connectivity index (χ0) is 26.4. The van der Waals surface area contributed by atoms with Crippen molar-refractivity contribution in [2.75, 3.05) is 11.5 Å². The summed E-state index contributed by atoms with van der Waals surface area (Å²) in [5, 5.41) is 18.3. The van der Waals surface area contributed by atoms with Crippen molar-refractivity contribution in [2.24, 2.45) is 5.73 Å². The molecule has 11 heteroatoms. The molecule has 0 radical (unpaired) electrons. The fraction of sp³-hybridized carbons (Fsp3) is 0.391. The Balaban J connectivity index is 0.000000642. The van der Waals surface area contributed by atoms with Crippen molar-refractivity contribution in [2.45, 2.75) is 45.6 Å². The average Bonchev–Trinajstić information content (AvgIpc) is 2.73. The lowest BCUT2D eigenvalue weighted by molar-refractivity contribution is 0.480. The maximum absolute atomic E-state index is 9.79. The first-order valence-corrected chi connectivity index (χ1v) is 13.7. The number of benzene rings is 2. The smallest absolute Gasteiger partial charge is 0.264 e. The van der Waals surface area contributed by atoms with Gasteiger partial charge in [-0.15, -0.1) is 0 Å². The van der Waals surface area contributed by atoms with Gasteiger partial charge < -0.3 is 5.73 Å². The maximum atomic E-state index is 9.79. The van der Waals surface area contributed by atoms with E-state index in [2.05, 4.69) is 12.1 Å². The summed E-state index contributed by atoms with van der Waals surface area (Å²) in [6.07, 6.45) is 0.942. The molecule has 0 aliphatic rings. The monoisotopic (exact) mass is 509 g/mol. The Bertz CT molecular complexity index is 1160. The summed E-state index contributed by atoms with van der Waals surface area (Å²) in [7, 11) is -7.35. The van der Waals surface area contributed by atoms with E-state index in [0.29, 0.717) is 24.0 Å². The predicted octanol–water partition coefficient (Wildman–Crippen LogP) is 3.48. The molecule has 2 atom stereocenters. The average molecular weight is 510 g/mol. The number of nitriles is 2. The van der Waals surface area contributed by atoms with Gasteiger partial charge in [0, 0.05) is 12.0 Å². The molecule has 0 aliphatic heterocycles. The number of nitrogens with two attached hydrogens (primary N) is 1. The molecule has 34 heavy (non-hydrogen) atoms. The molecule has 2 aromatic rings. The van der Waals surface area contributed by atoms with Crippen LogP contribution in [0.1, 0.15) is 61.8 Å². The largest absolute Gasteiger partial charge is 0.327 e. The van der Waals surface area contributed by atoms with Gasteiger partial charge in [-0.25, -0.2) is 0 Å². The van der Waals surface area contributed by atoms with Crippen LogP contribution in [0.4, 0.5) is 0 Å². The van der Waals surface area contributed by atoms with Gasteiger partial charge in [-0.1, -0.05) is 44.2 Å². The second kappa shape index (κ2) is 15.2. The summed E-state index contributed by atoms with van der Waals surface area (Å²) in [4.78, 5) is 0. The molecule has 0 saturated heterocycles. The van der Waals surface area contributed by atoms with Crippen LogP contribution in [0.5, 0.6) is 0 Å². The van der Waals surface area contributed by atoms with Gasteiger partial charge in [-0.2, -0.15) is 27.4 Å². The summed E-state index contributed by atoms with van der Waals surface area (Å²) in [5.74, 6) is -0.362. The Hall–Kier alpha value is -2.80. The highest BCUT2D eigenvalue weighted by atomic mass is 32.2. The lowest BCUT2D eigenvalue weighted by atomic mass is 9.83. The third kappa shape index (κ3) is 13.0. The van der Waals surface area contributed by atoms with E-state index in [4.69, 9.17) is 20.1 Å². The third-order valence-electron chi connectivity index (χ3n) is 4.24. The molecule has 4 N–H and O–H groups in total. The Morgan fingerprint density at radius 3 is 1.79 bits per heavy atom. The summed E-state index contributed by atoms with van der Waals surface area (Å²) < 4.78 is 55.1. The highest BCUT2D eigenvalue weighted by molar-refractivity contribution is 7.86. The first kappa shape index (κ1) is 31.2. The molecule has 0 aliphatic carbocycles. The zero-order valence-electron chi connectivity index (χ0n) is 19.4. The lowest BCUT2D eigenvalue weighted by Gasteiger charge is -2.23. The van der Waals surface area contributed by atoms with Crippen molar-refractivity contribution >= 4 is 20.2 Å². The minimum atomic E-state index is -3.67. The summed E-state index contributed by atoms with van der Waals surface area (Å²) in [6.45, 7) is 5.29. The molecular weight excluding hydrogens is 478 g/mol. The zero-order valence-corrected chi connectivity index (χ0v) is 21.1. The second-order valence-corrected chi connectivity index (χ2v) is 10.5. The summed E-state index contributed by atoms with van der Waals surface area (Å²) in [5.41, 5.74) is 9.21. The van der Waals surface area contributed by atoms with Crippen LogP contribution >= 0.6 is 0 Å². The molecule has 2 rings (SSSR count). The van der Waals surface area contributed by atoms with Crippen molar-refractivity contribution in [1.29, 1.82) is 10.5 Å². The molecule has 0 saturated carbocycles. The van der Waals surface area contributed by atoms with Crippen molar-refractivity contribution in [1.82, 2.24) is 0 Å². The Morgan fingerprint density at radius 2 is 1.41 bits per heavy atom. The quantitative estimate of drug-likeness (QED) is 0.470. The molecule has 1 unspecified atom stereocenters. The maximum Gasteiger partial charge on any atom is 0.264 e. The molecule has 0 spiro atoms. The van der Waals surface area contributed by atoms with Gasteiger partial charge >= 0.3 is 0 Å². The molecule has 0 heterocycles. The first-order chi connectivity index (χ1) is 15.8. The Morgan fingerprint density at radius 1 is 0.882 bits per heavy atom. The molecule has 186 valence electrons. The van der Waals surface area contributed by atoms with Crippen LogP contribution in [0, 0.1) is 22.7 Å². The molecule has 0 bridgehead atoms. The Kier molecular flexibility index (Phi) is 13.9. The topological polar surface area (TPSA) is 182 Å². The number of hydrogen-bond acceptors (Lipinski definition) is 7. The molecule has 0 fully saturated rings. The highest BCUT2D eigenvalue weighted by Gasteiger charge is 2.21. The van der Waals surface area contributed by atoms with Crippen LogP contribution < -0.4 is 5.73 Å². The summed E-state index contributed by atoms with van der Waals surface area (Å²) >= 11 is 0. The first-order valence-electron chi connectivity index (χ1n) is 10.4. The van der Waals surface area contributed by atoms with Crippen LogP contribution in [-0.4, -0.2) is 43.5 Å². The molecule has 2 aromatic carbocycles. The standard InChI is InChI=1S/C17H15N3.2C3H8O3S/c1-12(20)17(14-7-4-5-13(9-14)10-18)16-8-3-2-6-15(16)11-19;2*1-2-3-7(4,5)6/h2-9,12,17H,20H2,1H3;2*2-3H2,1H3,(H,4,5,6)/t12-,17?;;/m1../s1. The van der Waals surface area contributed by atoms with Crippen LogP contribution in [0.25, 0.3) is 0 Å². The lowest BCUT2D eigenvalue weighted by Crippen LogP contribution is -2.26. The molecule has 9 nitrogen and oxygen atoms in total. The Labute approximate surface area is 202 Å². The minimum absolute atomic E-state index is 0.0980. The van der Waals surface area contributed by atoms with Gasteiger partial charge in [0.15, 0.2) is 0 Å². The third-order valence-corrected chi connectivity index (χ3v) is 6.09. The fourth-order valence-electron chi connectivity index (χ4n) is 2.95. The molecule has 0 amide bonds. The van der Waals surface area contributed by atoms with E-state index in [9.17, 15) is 22.1 Å². The number of rotatable bonds is 7. The van der Waals surface area contributed by atoms with E-state index < -0.39 is 20.2 Å². The van der Waals surface area contributed by atoms with Gasteiger partial charge in [-0.05, 0) is 49.1 Å². The number of hydrogen-bond donors (Lipinski definition) is 3. The van der Waals surface area contributed by atoms with E-state index in [-0.39, 0.29) is 23.5 Å². The van der Waals surface area contributed by atoms with Crippen molar-refractivity contribution in [3.8, 4) is 12.1 Å². The normalized spacial score (nSPS) is 12.5. The van der Waals surface area contributed by atoms with Gasteiger partial charge in [0.1, 0.15) is 0 Å². The number of nitrogens with zero attached hydrogens (tertiary/aromatic N) is 2. The second-order valence-electron chi connectivity index (χ2n) is 7.35. The van der Waals surface area contributed by atoms with Crippen molar-refractivity contribution < 1.29 is 25.9 Å². The van der Waals surface area contributed by atoms with Crippen molar-refractivity contribution in [3.63, 3.8) is 0 Å². The van der Waals surface area contributed by atoms with E-state index in [1.165, 1.54) is 0 Å². The van der Waals surface area contributed by atoms with Gasteiger partial charge in [-0.3, -0.25) is 9.11 Å². The van der Waals surface area contributed by atoms with E-state index in [1.54, 1.807) is 26.0 Å². The molecule has 0 aromatic heterocycles. The SMILES string of the molecule is CCCS(=O)(=O)O.CCCS(=O)(=O)O.C[C@@H](N)C(c1cccc(C#N)c1)c1ccccc1C#N. The van der Waals surface area contributed by atoms with E-state index in [0.717, 1.165) is 11.1 Å². The summed E-state index contributed by atoms with van der Waals surface area (Å²) in [6, 6.07) is 19.0. The van der Waals surface area contributed by atoms with E-state index >= 15 is 0 Å². The van der Waals surface area contributed by atoms with E-state index in [1.807, 2.05) is 43.3 Å². The minimum Gasteiger partial charge on any atom is -0.327 e. The fourth-order valence-corrected chi connectivity index (χ4v) is 3.99. The highest BCUT2D eigenvalue weighted by Crippen LogP contribution is 2.30.